The smallest absolute Gasteiger partial charge is 0.191 e. The van der Waals surface area contributed by atoms with Crippen molar-refractivity contribution in [2.45, 2.75) is 26.4 Å². The Balaban J connectivity index is 0.00000289. The SMILES string of the molecule is CCNC(=NCc1cccc(Cn2cncn2)c1)NCCc1c[nH]c2cc(F)ccc12.I. The third-order valence-electron chi connectivity index (χ3n) is 4.98. The number of H-pyrrole nitrogens is 1. The van der Waals surface area contributed by atoms with Crippen molar-refractivity contribution in [1.29, 1.82) is 0 Å². The molecule has 0 spiro atoms. The topological polar surface area (TPSA) is 82.9 Å². The molecule has 0 radical (unpaired) electrons. The maximum Gasteiger partial charge on any atom is 0.191 e. The van der Waals surface area contributed by atoms with Crippen molar-refractivity contribution in [3.05, 3.63) is 83.8 Å². The fourth-order valence-corrected chi connectivity index (χ4v) is 3.52. The highest BCUT2D eigenvalue weighted by Gasteiger charge is 2.05. The lowest BCUT2D eigenvalue weighted by molar-refractivity contribution is 0.629. The number of hydrogen-bond donors (Lipinski definition) is 3. The van der Waals surface area contributed by atoms with E-state index in [9.17, 15) is 4.39 Å². The average molecular weight is 547 g/mol. The van der Waals surface area contributed by atoms with Gasteiger partial charge in [-0.2, -0.15) is 5.10 Å². The predicted molar refractivity (Wildman–Crippen MR) is 136 cm³/mol. The summed E-state index contributed by atoms with van der Waals surface area (Å²) in [6.07, 6.45) is 6.00. The lowest BCUT2D eigenvalue weighted by Gasteiger charge is -2.11. The lowest BCUT2D eigenvalue weighted by Crippen LogP contribution is -2.38. The molecule has 2 aromatic carbocycles. The number of aromatic amines is 1. The summed E-state index contributed by atoms with van der Waals surface area (Å²) in [6.45, 7) is 4.81. The molecule has 0 saturated carbocycles. The Bertz CT molecular complexity index is 1150. The van der Waals surface area contributed by atoms with E-state index in [1.807, 2.05) is 25.3 Å². The summed E-state index contributed by atoms with van der Waals surface area (Å²) in [4.78, 5) is 11.8. The van der Waals surface area contributed by atoms with Gasteiger partial charge in [-0.05, 0) is 48.2 Å². The Hall–Kier alpha value is -2.95. The van der Waals surface area contributed by atoms with Crippen LogP contribution in [0, 0.1) is 5.82 Å². The minimum absolute atomic E-state index is 0. The molecule has 0 aliphatic rings. The number of rotatable bonds is 8. The molecular weight excluding hydrogens is 520 g/mol. The van der Waals surface area contributed by atoms with E-state index in [2.05, 4.69) is 43.9 Å². The molecule has 4 aromatic rings. The Morgan fingerprint density at radius 1 is 1.16 bits per heavy atom. The summed E-state index contributed by atoms with van der Waals surface area (Å²) in [6, 6.07) is 13.2. The zero-order chi connectivity index (χ0) is 21.5. The number of hydrogen-bond acceptors (Lipinski definition) is 3. The first-order valence-electron chi connectivity index (χ1n) is 10.4. The van der Waals surface area contributed by atoms with Crippen molar-refractivity contribution in [1.82, 2.24) is 30.4 Å². The van der Waals surface area contributed by atoms with Gasteiger partial charge in [0, 0.05) is 30.2 Å². The van der Waals surface area contributed by atoms with Crippen LogP contribution in [-0.2, 0) is 19.5 Å². The molecule has 3 N–H and O–H groups in total. The quantitative estimate of drug-likeness (QED) is 0.178. The van der Waals surface area contributed by atoms with E-state index in [-0.39, 0.29) is 29.8 Å². The molecule has 9 heteroatoms. The van der Waals surface area contributed by atoms with Crippen molar-refractivity contribution in [3.63, 3.8) is 0 Å². The average Bonchev–Trinajstić information content (AvgIpc) is 3.42. The van der Waals surface area contributed by atoms with E-state index in [0.29, 0.717) is 13.1 Å². The molecule has 0 saturated heterocycles. The maximum atomic E-state index is 13.4. The van der Waals surface area contributed by atoms with Crippen LogP contribution >= 0.6 is 24.0 Å². The molecule has 0 bridgehead atoms. The summed E-state index contributed by atoms with van der Waals surface area (Å²) in [5, 5.41) is 11.9. The first kappa shape index (κ1) is 23.7. The Labute approximate surface area is 203 Å². The molecule has 0 unspecified atom stereocenters. The van der Waals surface area contributed by atoms with Crippen LogP contribution in [0.15, 0.2) is 66.3 Å². The van der Waals surface area contributed by atoms with Crippen molar-refractivity contribution in [3.8, 4) is 0 Å². The number of nitrogens with one attached hydrogen (secondary N) is 3. The van der Waals surface area contributed by atoms with E-state index < -0.39 is 0 Å². The normalized spacial score (nSPS) is 11.4. The number of aliphatic imine (C=N–C) groups is 1. The van der Waals surface area contributed by atoms with Crippen molar-refractivity contribution >= 4 is 40.8 Å². The highest BCUT2D eigenvalue weighted by atomic mass is 127. The fourth-order valence-electron chi connectivity index (χ4n) is 3.52. The van der Waals surface area contributed by atoms with Gasteiger partial charge in [0.05, 0.1) is 13.1 Å². The molecule has 2 aromatic heterocycles. The van der Waals surface area contributed by atoms with Gasteiger partial charge in [-0.3, -0.25) is 0 Å². The van der Waals surface area contributed by atoms with Gasteiger partial charge in [-0.15, -0.1) is 24.0 Å². The number of nitrogens with zero attached hydrogens (tertiary/aromatic N) is 4. The third-order valence-corrected chi connectivity index (χ3v) is 4.98. The van der Waals surface area contributed by atoms with E-state index in [4.69, 9.17) is 4.99 Å². The zero-order valence-corrected chi connectivity index (χ0v) is 20.2. The highest BCUT2D eigenvalue weighted by Crippen LogP contribution is 2.19. The van der Waals surface area contributed by atoms with Crippen molar-refractivity contribution in [2.24, 2.45) is 4.99 Å². The molecule has 2 heterocycles. The highest BCUT2D eigenvalue weighted by molar-refractivity contribution is 14.0. The third kappa shape index (κ3) is 6.28. The molecule has 32 heavy (non-hydrogen) atoms. The number of benzene rings is 2. The molecule has 0 amide bonds. The molecular formula is C23H27FIN7. The monoisotopic (exact) mass is 547 g/mol. The molecule has 168 valence electrons. The maximum absolute atomic E-state index is 13.4. The van der Waals surface area contributed by atoms with Crippen LogP contribution in [0.5, 0.6) is 0 Å². The Morgan fingerprint density at radius 2 is 2.03 bits per heavy atom. The second-order valence-corrected chi connectivity index (χ2v) is 7.29. The van der Waals surface area contributed by atoms with Crippen LogP contribution in [0.3, 0.4) is 0 Å². The summed E-state index contributed by atoms with van der Waals surface area (Å²) >= 11 is 0. The zero-order valence-electron chi connectivity index (χ0n) is 17.9. The van der Waals surface area contributed by atoms with Gasteiger partial charge in [-0.25, -0.2) is 19.0 Å². The van der Waals surface area contributed by atoms with Gasteiger partial charge in [0.15, 0.2) is 5.96 Å². The largest absolute Gasteiger partial charge is 0.361 e. The number of fused-ring (bicyclic) bond motifs is 1. The van der Waals surface area contributed by atoms with Gasteiger partial charge in [0.2, 0.25) is 0 Å². The molecule has 0 aliphatic carbocycles. The van der Waals surface area contributed by atoms with E-state index in [0.717, 1.165) is 53.1 Å². The Kier molecular flexibility index (Phi) is 8.60. The molecule has 0 atom stereocenters. The van der Waals surface area contributed by atoms with Crippen LogP contribution < -0.4 is 10.6 Å². The number of guanidine groups is 1. The van der Waals surface area contributed by atoms with Crippen LogP contribution in [-0.4, -0.2) is 38.8 Å². The summed E-state index contributed by atoms with van der Waals surface area (Å²) < 4.78 is 15.2. The summed E-state index contributed by atoms with van der Waals surface area (Å²) in [5.41, 5.74) is 4.26. The number of aromatic nitrogens is 4. The van der Waals surface area contributed by atoms with Gasteiger partial charge in [0.1, 0.15) is 18.5 Å². The first-order chi connectivity index (χ1) is 15.2. The minimum atomic E-state index is -0.231. The molecule has 0 fully saturated rings. The minimum Gasteiger partial charge on any atom is -0.361 e. The van der Waals surface area contributed by atoms with Gasteiger partial charge in [-0.1, -0.05) is 24.3 Å². The fraction of sp³-hybridized carbons (Fsp3) is 0.261. The van der Waals surface area contributed by atoms with E-state index >= 15 is 0 Å². The van der Waals surface area contributed by atoms with Crippen molar-refractivity contribution in [2.75, 3.05) is 13.1 Å². The van der Waals surface area contributed by atoms with Crippen LogP contribution in [0.1, 0.15) is 23.6 Å². The van der Waals surface area contributed by atoms with Crippen LogP contribution in [0.25, 0.3) is 10.9 Å². The predicted octanol–water partition coefficient (Wildman–Crippen LogP) is 3.86. The molecule has 0 aliphatic heterocycles. The van der Waals surface area contributed by atoms with Gasteiger partial charge < -0.3 is 15.6 Å². The van der Waals surface area contributed by atoms with Crippen LogP contribution in [0.4, 0.5) is 4.39 Å². The second-order valence-electron chi connectivity index (χ2n) is 7.29. The second kappa shape index (κ2) is 11.6. The Morgan fingerprint density at radius 3 is 2.84 bits per heavy atom. The number of halogens is 2. The van der Waals surface area contributed by atoms with Crippen LogP contribution in [0.2, 0.25) is 0 Å². The molecule has 4 rings (SSSR count). The molecule has 7 nitrogen and oxygen atoms in total. The van der Waals surface area contributed by atoms with E-state index in [1.54, 1.807) is 11.0 Å². The summed E-state index contributed by atoms with van der Waals surface area (Å²) in [5.74, 6) is 0.543. The van der Waals surface area contributed by atoms with Gasteiger partial charge in [0.25, 0.3) is 0 Å². The standard InChI is InChI=1S/C23H26FN7.HI/c1-2-26-23(27-9-8-19-13-28-22-11-20(24)6-7-21(19)22)29-12-17-4-3-5-18(10-17)14-31-16-25-15-30-31;/h3-7,10-11,13,15-16,28H,2,8-9,12,14H2,1H3,(H2,26,27,29);1H. The summed E-state index contributed by atoms with van der Waals surface area (Å²) in [7, 11) is 0. The van der Waals surface area contributed by atoms with Gasteiger partial charge >= 0.3 is 0 Å². The van der Waals surface area contributed by atoms with E-state index in [1.165, 1.54) is 18.5 Å². The first-order valence-corrected chi connectivity index (χ1v) is 10.4. The van der Waals surface area contributed by atoms with Crippen molar-refractivity contribution < 1.29 is 4.39 Å². The lowest BCUT2D eigenvalue weighted by atomic mass is 10.1.